The average molecular weight is 405 g/mol. The first kappa shape index (κ1) is 19.3. The molecule has 2 aromatic rings. The molecule has 2 heterocycles. The maximum absolute atomic E-state index is 14.9. The summed E-state index contributed by atoms with van der Waals surface area (Å²) in [6.45, 7) is 3.39. The third kappa shape index (κ3) is 3.20. The molecule has 8 heteroatoms. The molecule has 0 unspecified atom stereocenters. The minimum Gasteiger partial charge on any atom is -0.249 e. The Labute approximate surface area is 170 Å². The molecule has 30 heavy (non-hydrogen) atoms. The number of fused-ring (bicyclic) bond motifs is 1. The van der Waals surface area contributed by atoms with E-state index in [0.717, 1.165) is 12.1 Å². The van der Waals surface area contributed by atoms with E-state index in [0.29, 0.717) is 10.5 Å². The van der Waals surface area contributed by atoms with Gasteiger partial charge in [-0.2, -0.15) is 4.58 Å². The number of rotatable bonds is 2. The second-order valence-corrected chi connectivity index (χ2v) is 6.87. The molecule has 2 aliphatic rings. The molecule has 0 radical (unpaired) electrons. The van der Waals surface area contributed by atoms with Gasteiger partial charge in [0.15, 0.2) is 22.9 Å². The van der Waals surface area contributed by atoms with Crippen molar-refractivity contribution in [1.82, 2.24) is 0 Å². The zero-order chi connectivity index (χ0) is 21.4. The molecule has 0 aliphatic carbocycles. The Morgan fingerprint density at radius 2 is 1.63 bits per heavy atom. The molecule has 148 valence electrons. The highest BCUT2D eigenvalue weighted by Gasteiger charge is 2.49. The van der Waals surface area contributed by atoms with Crippen molar-refractivity contribution >= 4 is 23.5 Å². The Bertz CT molecular complexity index is 1210. The highest BCUT2D eigenvalue weighted by molar-refractivity contribution is 6.33. The SMILES string of the molecule is CC(C)[N+]1=C2N=NC=C2C(=O)N(c2c(F)cc(C#Cc3ccccc3)cc2F)C1=O. The molecule has 0 saturated heterocycles. The molecule has 0 spiro atoms. The Kier molecular flexibility index (Phi) is 4.80. The van der Waals surface area contributed by atoms with Crippen LogP contribution in [0.2, 0.25) is 0 Å². The van der Waals surface area contributed by atoms with E-state index in [9.17, 15) is 18.4 Å². The fourth-order valence-corrected chi connectivity index (χ4v) is 3.17. The second-order valence-electron chi connectivity index (χ2n) is 6.87. The lowest BCUT2D eigenvalue weighted by molar-refractivity contribution is -0.462. The average Bonchev–Trinajstić information content (AvgIpc) is 3.18. The van der Waals surface area contributed by atoms with Crippen LogP contribution in [-0.4, -0.2) is 28.4 Å². The van der Waals surface area contributed by atoms with Gasteiger partial charge >= 0.3 is 17.8 Å². The second kappa shape index (κ2) is 7.44. The molecular weight excluding hydrogens is 390 g/mol. The maximum Gasteiger partial charge on any atom is 0.451 e. The number of amidine groups is 1. The number of hydrogen-bond acceptors (Lipinski definition) is 4. The van der Waals surface area contributed by atoms with Crippen LogP contribution in [0.3, 0.4) is 0 Å². The summed E-state index contributed by atoms with van der Waals surface area (Å²) >= 11 is 0. The third-order valence-corrected chi connectivity index (χ3v) is 4.52. The summed E-state index contributed by atoms with van der Waals surface area (Å²) in [6, 6.07) is 9.62. The third-order valence-electron chi connectivity index (χ3n) is 4.52. The smallest absolute Gasteiger partial charge is 0.249 e. The summed E-state index contributed by atoms with van der Waals surface area (Å²) in [7, 11) is 0. The number of benzene rings is 2. The van der Waals surface area contributed by atoms with Crippen LogP contribution in [0.15, 0.2) is 64.5 Å². The zero-order valence-corrected chi connectivity index (χ0v) is 16.1. The quantitative estimate of drug-likeness (QED) is 0.560. The largest absolute Gasteiger partial charge is 0.451 e. The van der Waals surface area contributed by atoms with Crippen LogP contribution in [0, 0.1) is 23.5 Å². The van der Waals surface area contributed by atoms with Crippen molar-refractivity contribution < 1.29 is 22.9 Å². The number of nitrogens with zero attached hydrogens (tertiary/aromatic N) is 4. The van der Waals surface area contributed by atoms with Gasteiger partial charge in [-0.15, -0.1) is 4.90 Å². The summed E-state index contributed by atoms with van der Waals surface area (Å²) < 4.78 is 31.0. The van der Waals surface area contributed by atoms with Crippen molar-refractivity contribution in [3.63, 3.8) is 0 Å². The minimum absolute atomic E-state index is 0.00459. The van der Waals surface area contributed by atoms with Crippen molar-refractivity contribution in [2.24, 2.45) is 10.2 Å². The van der Waals surface area contributed by atoms with Crippen LogP contribution in [0.1, 0.15) is 25.0 Å². The lowest BCUT2D eigenvalue weighted by Gasteiger charge is -2.24. The Morgan fingerprint density at radius 3 is 2.27 bits per heavy atom. The van der Waals surface area contributed by atoms with Gasteiger partial charge in [-0.25, -0.2) is 18.4 Å². The van der Waals surface area contributed by atoms with Gasteiger partial charge in [0.2, 0.25) is 0 Å². The van der Waals surface area contributed by atoms with E-state index in [1.165, 1.54) is 10.8 Å². The first-order chi connectivity index (χ1) is 14.4. The Morgan fingerprint density at radius 1 is 1.00 bits per heavy atom. The van der Waals surface area contributed by atoms with Crippen molar-refractivity contribution in [2.75, 3.05) is 4.90 Å². The number of hydrogen-bond donors (Lipinski definition) is 0. The number of anilines is 1. The summed E-state index contributed by atoms with van der Waals surface area (Å²) in [5.41, 5.74) is -0.00421. The van der Waals surface area contributed by atoms with E-state index in [-0.39, 0.29) is 17.0 Å². The number of halogens is 2. The molecule has 3 amide bonds. The van der Waals surface area contributed by atoms with Gasteiger partial charge in [-0.3, -0.25) is 0 Å². The summed E-state index contributed by atoms with van der Waals surface area (Å²) in [4.78, 5) is 26.2. The molecule has 2 aliphatic heterocycles. The number of carbonyl (C=O) groups is 2. The van der Waals surface area contributed by atoms with Gasteiger partial charge in [0, 0.05) is 16.2 Å². The Balaban J connectivity index is 1.77. The number of amides is 3. The van der Waals surface area contributed by atoms with Crippen LogP contribution in [0.5, 0.6) is 0 Å². The van der Waals surface area contributed by atoms with E-state index in [2.05, 4.69) is 22.1 Å². The lowest BCUT2D eigenvalue weighted by atomic mass is 10.1. The predicted molar refractivity (Wildman–Crippen MR) is 105 cm³/mol. The van der Waals surface area contributed by atoms with E-state index in [1.54, 1.807) is 38.1 Å². The van der Waals surface area contributed by atoms with E-state index in [1.807, 2.05) is 6.07 Å². The molecule has 0 saturated carbocycles. The molecule has 0 atom stereocenters. The maximum atomic E-state index is 14.9. The highest BCUT2D eigenvalue weighted by atomic mass is 19.1. The number of imide groups is 1. The van der Waals surface area contributed by atoms with Crippen LogP contribution >= 0.6 is 0 Å². The minimum atomic E-state index is -1.08. The highest BCUT2D eigenvalue weighted by Crippen LogP contribution is 2.31. The normalized spacial score (nSPS) is 15.4. The summed E-state index contributed by atoms with van der Waals surface area (Å²) in [6.07, 6.45) is 1.17. The molecular formula is C22H15F2N4O2+. The van der Waals surface area contributed by atoms with Crippen LogP contribution in [-0.2, 0) is 4.79 Å². The van der Waals surface area contributed by atoms with Crippen molar-refractivity contribution in [3.05, 3.63) is 77.0 Å². The van der Waals surface area contributed by atoms with Gasteiger partial charge < -0.3 is 0 Å². The van der Waals surface area contributed by atoms with Crippen molar-refractivity contribution in [1.29, 1.82) is 0 Å². The van der Waals surface area contributed by atoms with Gasteiger partial charge in [-0.1, -0.05) is 35.2 Å². The van der Waals surface area contributed by atoms with Gasteiger partial charge in [0.05, 0.1) is 12.2 Å². The van der Waals surface area contributed by atoms with Crippen LogP contribution in [0.4, 0.5) is 19.3 Å². The van der Waals surface area contributed by atoms with E-state index >= 15 is 0 Å². The van der Waals surface area contributed by atoms with Crippen molar-refractivity contribution in [2.45, 2.75) is 19.9 Å². The topological polar surface area (TPSA) is 65.1 Å². The predicted octanol–water partition coefficient (Wildman–Crippen LogP) is 4.00. The fourth-order valence-electron chi connectivity index (χ4n) is 3.17. The van der Waals surface area contributed by atoms with Crippen LogP contribution < -0.4 is 4.90 Å². The lowest BCUT2D eigenvalue weighted by Crippen LogP contribution is -2.53. The fraction of sp³-hybridized carbons (Fsp3) is 0.136. The van der Waals surface area contributed by atoms with E-state index < -0.39 is 35.3 Å². The number of azo groups is 1. The molecule has 0 N–H and O–H groups in total. The number of carbonyl (C=O) groups excluding carboxylic acids is 2. The molecule has 6 nitrogen and oxygen atoms in total. The molecule has 4 rings (SSSR count). The summed E-state index contributed by atoms with van der Waals surface area (Å²) in [5.74, 6) is 2.52. The molecule has 0 bridgehead atoms. The Hall–Kier alpha value is -3.99. The summed E-state index contributed by atoms with van der Waals surface area (Å²) in [5, 5.41) is 7.47. The van der Waals surface area contributed by atoms with Gasteiger partial charge in [0.25, 0.3) is 0 Å². The van der Waals surface area contributed by atoms with Gasteiger partial charge in [0.1, 0.15) is 0 Å². The molecule has 2 aromatic carbocycles. The molecule has 0 fully saturated rings. The molecule has 0 aromatic heterocycles. The monoisotopic (exact) mass is 405 g/mol. The van der Waals surface area contributed by atoms with Gasteiger partial charge in [-0.05, 0) is 38.1 Å². The van der Waals surface area contributed by atoms with Crippen LogP contribution in [0.25, 0.3) is 0 Å². The zero-order valence-electron chi connectivity index (χ0n) is 16.1. The first-order valence-electron chi connectivity index (χ1n) is 9.10. The first-order valence-corrected chi connectivity index (χ1v) is 9.10. The van der Waals surface area contributed by atoms with Crippen molar-refractivity contribution in [3.8, 4) is 11.8 Å². The van der Waals surface area contributed by atoms with E-state index in [4.69, 9.17) is 0 Å². The standard InChI is InChI=1S/C22H15F2N4O2/c1-13(2)27-20-16(12-25-26-20)21(29)28(22(27)30)19-17(23)10-15(11-18(19)24)9-8-14-6-4-3-5-7-14/h3-7,10-13H,1-2H3/q+1. The number of urea groups is 1.